The Kier molecular flexibility index (Phi) is 5.22. The first-order valence-corrected chi connectivity index (χ1v) is 9.80. The van der Waals surface area contributed by atoms with Crippen LogP contribution >= 0.6 is 0 Å². The van der Waals surface area contributed by atoms with Gasteiger partial charge in [-0.15, -0.1) is 5.10 Å². The van der Waals surface area contributed by atoms with Gasteiger partial charge in [-0.1, -0.05) is 36.8 Å². The zero-order valence-electron chi connectivity index (χ0n) is 14.3. The number of rotatable bonds is 7. The van der Waals surface area contributed by atoms with E-state index < -0.39 is 10.0 Å². The molecule has 0 atom stereocenters. The molecule has 8 heteroatoms. The van der Waals surface area contributed by atoms with Gasteiger partial charge in [0, 0.05) is 0 Å². The number of unbranched alkanes of at least 4 members (excludes halogenated alkanes) is 1. The van der Waals surface area contributed by atoms with Gasteiger partial charge in [-0.3, -0.25) is 4.72 Å². The van der Waals surface area contributed by atoms with Crippen molar-refractivity contribution in [1.82, 2.24) is 15.0 Å². The van der Waals surface area contributed by atoms with Gasteiger partial charge < -0.3 is 5.11 Å². The Hall–Kier alpha value is -2.87. The van der Waals surface area contributed by atoms with Gasteiger partial charge in [-0.05, 0) is 43.2 Å². The Bertz CT molecular complexity index is 999. The molecule has 0 aliphatic carbocycles. The van der Waals surface area contributed by atoms with E-state index >= 15 is 0 Å². The SMILES string of the molecule is CCCCc1cn(-c2cccc(S(=O)(=O)Nc3ccccc3O)c2)nn1. The number of benzene rings is 2. The summed E-state index contributed by atoms with van der Waals surface area (Å²) < 4.78 is 29.2. The minimum Gasteiger partial charge on any atom is -0.506 e. The summed E-state index contributed by atoms with van der Waals surface area (Å²) in [6.45, 7) is 2.11. The molecule has 0 radical (unpaired) electrons. The van der Waals surface area contributed by atoms with E-state index in [9.17, 15) is 13.5 Å². The number of anilines is 1. The van der Waals surface area contributed by atoms with Crippen LogP contribution in [0, 0.1) is 0 Å². The zero-order valence-corrected chi connectivity index (χ0v) is 15.1. The molecule has 136 valence electrons. The highest BCUT2D eigenvalue weighted by Gasteiger charge is 2.17. The number of hydrogen-bond acceptors (Lipinski definition) is 5. The van der Waals surface area contributed by atoms with E-state index in [1.165, 1.54) is 24.3 Å². The molecule has 0 amide bonds. The molecule has 0 fully saturated rings. The summed E-state index contributed by atoms with van der Waals surface area (Å²) in [7, 11) is -3.85. The zero-order chi connectivity index (χ0) is 18.6. The van der Waals surface area contributed by atoms with Crippen molar-refractivity contribution in [2.75, 3.05) is 4.72 Å². The molecule has 0 spiro atoms. The van der Waals surface area contributed by atoms with Crippen molar-refractivity contribution in [2.45, 2.75) is 31.1 Å². The number of nitrogens with zero attached hydrogens (tertiary/aromatic N) is 3. The van der Waals surface area contributed by atoms with Crippen LogP contribution in [0.3, 0.4) is 0 Å². The Balaban J connectivity index is 1.86. The molecule has 0 unspecified atom stereocenters. The van der Waals surface area contributed by atoms with Crippen molar-refractivity contribution < 1.29 is 13.5 Å². The van der Waals surface area contributed by atoms with Crippen LogP contribution in [0.1, 0.15) is 25.5 Å². The Labute approximate surface area is 152 Å². The summed E-state index contributed by atoms with van der Waals surface area (Å²) >= 11 is 0. The van der Waals surface area contributed by atoms with Crippen LogP contribution < -0.4 is 4.72 Å². The highest BCUT2D eigenvalue weighted by molar-refractivity contribution is 7.92. The van der Waals surface area contributed by atoms with Crippen LogP contribution in [0.4, 0.5) is 5.69 Å². The normalized spacial score (nSPS) is 11.4. The van der Waals surface area contributed by atoms with E-state index in [1.54, 1.807) is 35.1 Å². The maximum atomic E-state index is 12.6. The predicted octanol–water partition coefficient (Wildman–Crippen LogP) is 3.12. The van der Waals surface area contributed by atoms with Gasteiger partial charge >= 0.3 is 0 Å². The van der Waals surface area contributed by atoms with Gasteiger partial charge in [-0.2, -0.15) is 0 Å². The van der Waals surface area contributed by atoms with Crippen LogP contribution in [0.2, 0.25) is 0 Å². The van der Waals surface area contributed by atoms with Crippen LogP contribution in [0.25, 0.3) is 5.69 Å². The lowest BCUT2D eigenvalue weighted by atomic mass is 10.2. The van der Waals surface area contributed by atoms with Crippen molar-refractivity contribution in [3.8, 4) is 11.4 Å². The average Bonchev–Trinajstić information content (AvgIpc) is 3.11. The number of sulfonamides is 1. The number of phenolic OH excluding ortho intramolecular Hbond substituents is 1. The molecule has 0 aliphatic rings. The van der Waals surface area contributed by atoms with Gasteiger partial charge in [0.15, 0.2) is 0 Å². The van der Waals surface area contributed by atoms with Gasteiger partial charge in [0.05, 0.1) is 28.2 Å². The maximum absolute atomic E-state index is 12.6. The van der Waals surface area contributed by atoms with Crippen LogP contribution in [0.15, 0.2) is 59.6 Å². The van der Waals surface area contributed by atoms with Crippen molar-refractivity contribution in [2.24, 2.45) is 0 Å². The number of nitrogens with one attached hydrogen (secondary N) is 1. The van der Waals surface area contributed by atoms with Crippen molar-refractivity contribution in [3.05, 3.63) is 60.4 Å². The molecule has 0 bridgehead atoms. The lowest BCUT2D eigenvalue weighted by Gasteiger charge is -2.10. The second-order valence-electron chi connectivity index (χ2n) is 5.88. The molecule has 3 aromatic rings. The third-order valence-corrected chi connectivity index (χ3v) is 5.23. The monoisotopic (exact) mass is 372 g/mol. The minimum absolute atomic E-state index is 0.0730. The van der Waals surface area contributed by atoms with Crippen molar-refractivity contribution in [3.63, 3.8) is 0 Å². The topological polar surface area (TPSA) is 97.1 Å². The smallest absolute Gasteiger partial charge is 0.262 e. The van der Waals surface area contributed by atoms with E-state index in [0.29, 0.717) is 5.69 Å². The first kappa shape index (κ1) is 17.9. The number of aromatic nitrogens is 3. The Morgan fingerprint density at radius 3 is 2.73 bits per heavy atom. The lowest BCUT2D eigenvalue weighted by Crippen LogP contribution is -2.13. The lowest BCUT2D eigenvalue weighted by molar-refractivity contribution is 0.477. The third-order valence-electron chi connectivity index (χ3n) is 3.87. The van der Waals surface area contributed by atoms with Crippen LogP contribution in [-0.2, 0) is 16.4 Å². The van der Waals surface area contributed by atoms with Crippen LogP contribution in [-0.4, -0.2) is 28.5 Å². The van der Waals surface area contributed by atoms with E-state index in [0.717, 1.165) is 25.0 Å². The number of para-hydroxylation sites is 2. The first-order valence-electron chi connectivity index (χ1n) is 8.32. The quantitative estimate of drug-likeness (QED) is 0.621. The van der Waals surface area contributed by atoms with Gasteiger partial charge in [-0.25, -0.2) is 13.1 Å². The van der Waals surface area contributed by atoms with E-state index in [2.05, 4.69) is 22.0 Å². The number of aromatic hydroxyl groups is 1. The summed E-state index contributed by atoms with van der Waals surface area (Å²) in [5.41, 5.74) is 1.59. The Morgan fingerprint density at radius 2 is 1.96 bits per heavy atom. The molecule has 0 saturated heterocycles. The fourth-order valence-corrected chi connectivity index (χ4v) is 3.57. The van der Waals surface area contributed by atoms with Gasteiger partial charge in [0.1, 0.15) is 5.75 Å². The molecule has 3 rings (SSSR count). The minimum atomic E-state index is -3.85. The van der Waals surface area contributed by atoms with Crippen LogP contribution in [0.5, 0.6) is 5.75 Å². The standard InChI is InChI=1S/C18H20N4O3S/c1-2-3-7-14-13-22(21-19-14)15-8-6-9-16(12-15)26(24,25)20-17-10-4-5-11-18(17)23/h4-6,8-13,20,23H,2-3,7H2,1H3. The van der Waals surface area contributed by atoms with E-state index in [-0.39, 0.29) is 16.3 Å². The summed E-state index contributed by atoms with van der Waals surface area (Å²) in [4.78, 5) is 0.0730. The molecule has 7 nitrogen and oxygen atoms in total. The number of hydrogen-bond donors (Lipinski definition) is 2. The molecule has 1 heterocycles. The molecule has 26 heavy (non-hydrogen) atoms. The molecular formula is C18H20N4O3S. The molecule has 2 N–H and O–H groups in total. The van der Waals surface area contributed by atoms with E-state index in [1.807, 2.05) is 0 Å². The van der Waals surface area contributed by atoms with Crippen molar-refractivity contribution in [1.29, 1.82) is 0 Å². The summed E-state index contributed by atoms with van der Waals surface area (Å²) in [5.74, 6) is -0.135. The van der Waals surface area contributed by atoms with Crippen molar-refractivity contribution >= 4 is 15.7 Å². The predicted molar refractivity (Wildman–Crippen MR) is 98.9 cm³/mol. The number of aryl methyl sites for hydroxylation is 1. The van der Waals surface area contributed by atoms with Gasteiger partial charge in [0.2, 0.25) is 0 Å². The molecule has 1 aromatic heterocycles. The second kappa shape index (κ2) is 7.57. The summed E-state index contributed by atoms with van der Waals surface area (Å²) in [6, 6.07) is 12.6. The average molecular weight is 372 g/mol. The molecule has 2 aromatic carbocycles. The molecule has 0 aliphatic heterocycles. The van der Waals surface area contributed by atoms with E-state index in [4.69, 9.17) is 0 Å². The third kappa shape index (κ3) is 4.02. The highest BCUT2D eigenvalue weighted by Crippen LogP contribution is 2.25. The second-order valence-corrected chi connectivity index (χ2v) is 7.56. The highest BCUT2D eigenvalue weighted by atomic mass is 32.2. The van der Waals surface area contributed by atoms with Gasteiger partial charge in [0.25, 0.3) is 10.0 Å². The molecular weight excluding hydrogens is 352 g/mol. The summed E-state index contributed by atoms with van der Waals surface area (Å²) in [5, 5.41) is 18.0. The maximum Gasteiger partial charge on any atom is 0.262 e. The largest absolute Gasteiger partial charge is 0.506 e. The first-order chi connectivity index (χ1) is 12.5. The summed E-state index contributed by atoms with van der Waals surface area (Å²) in [6.07, 6.45) is 4.73. The number of phenols is 1. The molecule has 0 saturated carbocycles. The Morgan fingerprint density at radius 1 is 1.15 bits per heavy atom. The fraction of sp³-hybridized carbons (Fsp3) is 0.222. The fourth-order valence-electron chi connectivity index (χ4n) is 2.45.